The molecule has 2 aromatic carbocycles. The predicted molar refractivity (Wildman–Crippen MR) is 115 cm³/mol. The van der Waals surface area contributed by atoms with Gasteiger partial charge in [-0.05, 0) is 38.1 Å². The molecule has 158 valence electrons. The van der Waals surface area contributed by atoms with Crippen molar-refractivity contribution in [2.24, 2.45) is 0 Å². The lowest BCUT2D eigenvalue weighted by molar-refractivity contribution is 0.0948. The number of carbonyl (C=O) groups excluding carboxylic acids is 1. The number of nitrogens with one attached hydrogen (secondary N) is 2. The van der Waals surface area contributed by atoms with Crippen molar-refractivity contribution in [3.05, 3.63) is 69.6 Å². The molecule has 0 atom stereocenters. The van der Waals surface area contributed by atoms with Crippen LogP contribution in [0, 0.1) is 0 Å². The molecular weight excluding hydrogens is 428 g/mol. The molecule has 2 N–H and O–H groups in total. The van der Waals surface area contributed by atoms with E-state index in [2.05, 4.69) is 15.1 Å². The van der Waals surface area contributed by atoms with Crippen LogP contribution >= 0.6 is 11.6 Å². The van der Waals surface area contributed by atoms with Gasteiger partial charge in [-0.3, -0.25) is 9.59 Å². The minimum Gasteiger partial charge on any atom is -0.349 e. The number of nitrogens with zero attached hydrogens (tertiary/aromatic N) is 2. The van der Waals surface area contributed by atoms with Gasteiger partial charge >= 0.3 is 0 Å². The number of hydrogen-bond donors (Lipinski definition) is 2. The Kier molecular flexibility index (Phi) is 6.55. The Bertz CT molecular complexity index is 1260. The maximum Gasteiger partial charge on any atom is 0.274 e. The van der Waals surface area contributed by atoms with Crippen molar-refractivity contribution >= 4 is 38.3 Å². The summed E-state index contributed by atoms with van der Waals surface area (Å²) in [6.45, 7) is 3.61. The predicted octanol–water partition coefficient (Wildman–Crippen LogP) is 2.34. The lowest BCUT2D eigenvalue weighted by atomic mass is 10.1. The summed E-state index contributed by atoms with van der Waals surface area (Å²) in [6.07, 6.45) is 0. The first-order chi connectivity index (χ1) is 14.2. The molecule has 0 bridgehead atoms. The molecular formula is C20H21ClN4O4S. The highest BCUT2D eigenvalue weighted by Gasteiger charge is 2.18. The van der Waals surface area contributed by atoms with Crippen LogP contribution < -0.4 is 15.6 Å². The van der Waals surface area contributed by atoms with Crippen LogP contribution in [0.2, 0.25) is 5.02 Å². The van der Waals surface area contributed by atoms with Crippen LogP contribution in [-0.2, 0) is 10.0 Å². The number of carbonyl (C=O) groups is 1. The van der Waals surface area contributed by atoms with Gasteiger partial charge in [0.25, 0.3) is 11.5 Å². The van der Waals surface area contributed by atoms with Crippen LogP contribution in [0.3, 0.4) is 0 Å². The van der Waals surface area contributed by atoms with E-state index in [1.807, 2.05) is 0 Å². The van der Waals surface area contributed by atoms with E-state index < -0.39 is 15.9 Å². The standard InChI is InChI=1S/C20H21ClN4O4S/c1-13(2)25-20(27)17-9-4-3-8-16(17)18(24-25)19(26)22-10-11-23-30(28,29)15-7-5-6-14(21)12-15/h3-9,12-13,23H,10-11H2,1-2H3,(H,22,26). The van der Waals surface area contributed by atoms with Gasteiger partial charge in [0.1, 0.15) is 0 Å². The van der Waals surface area contributed by atoms with Gasteiger partial charge in [0, 0.05) is 23.5 Å². The molecule has 0 fully saturated rings. The summed E-state index contributed by atoms with van der Waals surface area (Å²) < 4.78 is 28.3. The fourth-order valence-corrected chi connectivity index (χ4v) is 4.22. The number of rotatable bonds is 7. The molecule has 0 radical (unpaired) electrons. The average molecular weight is 449 g/mol. The van der Waals surface area contributed by atoms with E-state index >= 15 is 0 Å². The minimum atomic E-state index is -3.75. The van der Waals surface area contributed by atoms with Crippen LogP contribution in [0.4, 0.5) is 0 Å². The van der Waals surface area contributed by atoms with Gasteiger partial charge < -0.3 is 5.32 Å². The third-order valence-electron chi connectivity index (χ3n) is 4.34. The summed E-state index contributed by atoms with van der Waals surface area (Å²) in [5.41, 5.74) is -0.164. The van der Waals surface area contributed by atoms with Gasteiger partial charge in [0.15, 0.2) is 5.69 Å². The van der Waals surface area contributed by atoms with Crippen LogP contribution in [0.5, 0.6) is 0 Å². The van der Waals surface area contributed by atoms with Gasteiger partial charge in [-0.2, -0.15) is 5.10 Å². The SMILES string of the molecule is CC(C)n1nc(C(=O)NCCNS(=O)(=O)c2cccc(Cl)c2)c2ccccc2c1=O. The zero-order valence-electron chi connectivity index (χ0n) is 16.4. The summed E-state index contributed by atoms with van der Waals surface area (Å²) in [5, 5.41) is 8.01. The van der Waals surface area contributed by atoms with Gasteiger partial charge in [-0.1, -0.05) is 35.9 Å². The van der Waals surface area contributed by atoms with E-state index in [0.29, 0.717) is 15.8 Å². The van der Waals surface area contributed by atoms with E-state index in [9.17, 15) is 18.0 Å². The Morgan fingerprint density at radius 3 is 2.47 bits per heavy atom. The van der Waals surface area contributed by atoms with Crippen molar-refractivity contribution in [1.29, 1.82) is 0 Å². The quantitative estimate of drug-likeness (QED) is 0.539. The molecule has 0 saturated carbocycles. The molecule has 10 heteroatoms. The smallest absolute Gasteiger partial charge is 0.274 e. The van der Waals surface area contributed by atoms with Crippen molar-refractivity contribution < 1.29 is 13.2 Å². The number of benzene rings is 2. The number of hydrogen-bond acceptors (Lipinski definition) is 5. The normalized spacial score (nSPS) is 11.7. The van der Waals surface area contributed by atoms with Gasteiger partial charge in [0.05, 0.1) is 16.3 Å². The third kappa shape index (κ3) is 4.69. The fourth-order valence-electron chi connectivity index (χ4n) is 2.89. The molecule has 0 aliphatic rings. The van der Waals surface area contributed by atoms with Crippen LogP contribution in [-0.4, -0.2) is 37.2 Å². The number of amides is 1. The van der Waals surface area contributed by atoms with Crippen molar-refractivity contribution in [3.63, 3.8) is 0 Å². The van der Waals surface area contributed by atoms with Gasteiger partial charge in [-0.15, -0.1) is 0 Å². The highest BCUT2D eigenvalue weighted by Crippen LogP contribution is 2.16. The van der Waals surface area contributed by atoms with Crippen molar-refractivity contribution in [2.45, 2.75) is 24.8 Å². The number of fused-ring (bicyclic) bond motifs is 1. The van der Waals surface area contributed by atoms with E-state index in [0.717, 1.165) is 0 Å². The first-order valence-electron chi connectivity index (χ1n) is 9.25. The highest BCUT2D eigenvalue weighted by atomic mass is 35.5. The molecule has 0 saturated heterocycles. The van der Waals surface area contributed by atoms with Crippen molar-refractivity contribution in [3.8, 4) is 0 Å². The molecule has 3 aromatic rings. The van der Waals surface area contributed by atoms with E-state index in [1.165, 1.54) is 16.8 Å². The Balaban J connectivity index is 1.73. The molecule has 1 aromatic heterocycles. The molecule has 8 nitrogen and oxygen atoms in total. The summed E-state index contributed by atoms with van der Waals surface area (Å²) in [4.78, 5) is 25.3. The second-order valence-corrected chi connectivity index (χ2v) is 9.05. The number of aromatic nitrogens is 2. The fraction of sp³-hybridized carbons (Fsp3) is 0.250. The average Bonchev–Trinajstić information content (AvgIpc) is 2.71. The summed E-state index contributed by atoms with van der Waals surface area (Å²) in [7, 11) is -3.75. The molecule has 0 spiro atoms. The largest absolute Gasteiger partial charge is 0.349 e. The van der Waals surface area contributed by atoms with Crippen LogP contribution in [0.1, 0.15) is 30.4 Å². The lowest BCUT2D eigenvalue weighted by Crippen LogP contribution is -2.36. The third-order valence-corrected chi connectivity index (χ3v) is 6.04. The molecule has 0 aliphatic heterocycles. The maximum atomic E-state index is 12.7. The first-order valence-corrected chi connectivity index (χ1v) is 11.1. The highest BCUT2D eigenvalue weighted by molar-refractivity contribution is 7.89. The van der Waals surface area contributed by atoms with Crippen molar-refractivity contribution in [2.75, 3.05) is 13.1 Å². The molecule has 1 heterocycles. The van der Waals surface area contributed by atoms with Crippen LogP contribution in [0.25, 0.3) is 10.8 Å². The Hall–Kier alpha value is -2.75. The van der Waals surface area contributed by atoms with Gasteiger partial charge in [-0.25, -0.2) is 17.8 Å². The number of sulfonamides is 1. The Morgan fingerprint density at radius 1 is 1.10 bits per heavy atom. The summed E-state index contributed by atoms with van der Waals surface area (Å²) >= 11 is 5.83. The molecule has 1 amide bonds. The van der Waals surface area contributed by atoms with E-state index in [-0.39, 0.29) is 35.3 Å². The summed E-state index contributed by atoms with van der Waals surface area (Å²) in [6, 6.07) is 12.4. The zero-order valence-corrected chi connectivity index (χ0v) is 18.0. The molecule has 0 unspecified atom stereocenters. The molecule has 3 rings (SSSR count). The van der Waals surface area contributed by atoms with Crippen LogP contribution in [0.15, 0.2) is 58.2 Å². The number of halogens is 1. The Morgan fingerprint density at radius 2 is 1.80 bits per heavy atom. The Labute approximate surface area is 178 Å². The second kappa shape index (κ2) is 8.95. The molecule has 0 aliphatic carbocycles. The van der Waals surface area contributed by atoms with Gasteiger partial charge in [0.2, 0.25) is 10.0 Å². The van der Waals surface area contributed by atoms with Crippen molar-refractivity contribution in [1.82, 2.24) is 19.8 Å². The zero-order chi connectivity index (χ0) is 21.9. The lowest BCUT2D eigenvalue weighted by Gasteiger charge is -2.13. The monoisotopic (exact) mass is 448 g/mol. The minimum absolute atomic E-state index is 0.0255. The first kappa shape index (κ1) is 21.9. The second-order valence-electron chi connectivity index (χ2n) is 6.85. The van der Waals surface area contributed by atoms with E-state index in [1.54, 1.807) is 50.2 Å². The molecule has 30 heavy (non-hydrogen) atoms. The van der Waals surface area contributed by atoms with E-state index in [4.69, 9.17) is 11.6 Å². The maximum absolute atomic E-state index is 12.7. The topological polar surface area (TPSA) is 110 Å². The summed E-state index contributed by atoms with van der Waals surface area (Å²) in [5.74, 6) is -0.498.